The van der Waals surface area contributed by atoms with Crippen molar-refractivity contribution in [3.63, 3.8) is 0 Å². The number of nitrogens with zero attached hydrogens (tertiary/aromatic N) is 1. The summed E-state index contributed by atoms with van der Waals surface area (Å²) >= 11 is 3.50. The van der Waals surface area contributed by atoms with E-state index < -0.39 is 0 Å². The van der Waals surface area contributed by atoms with E-state index in [4.69, 9.17) is 4.74 Å². The molecule has 1 heterocycles. The van der Waals surface area contributed by atoms with E-state index in [1.807, 2.05) is 23.1 Å². The Labute approximate surface area is 110 Å². The van der Waals surface area contributed by atoms with Crippen LogP contribution in [0.2, 0.25) is 0 Å². The van der Waals surface area contributed by atoms with Gasteiger partial charge in [0.25, 0.3) is 0 Å². The van der Waals surface area contributed by atoms with Crippen molar-refractivity contribution in [1.29, 1.82) is 0 Å². The SMILES string of the molecule is COc1ccc(Br)c(N2CCCCCC2=O)c1. The highest BCUT2D eigenvalue weighted by atomic mass is 79.9. The molecule has 92 valence electrons. The van der Waals surface area contributed by atoms with Gasteiger partial charge in [0.05, 0.1) is 12.8 Å². The molecule has 4 heteroatoms. The zero-order valence-electron chi connectivity index (χ0n) is 9.91. The van der Waals surface area contributed by atoms with Crippen LogP contribution in [0.1, 0.15) is 25.7 Å². The number of benzene rings is 1. The Kier molecular flexibility index (Phi) is 4.05. The normalized spacial score (nSPS) is 16.8. The highest BCUT2D eigenvalue weighted by Gasteiger charge is 2.20. The summed E-state index contributed by atoms with van der Waals surface area (Å²) < 4.78 is 6.15. The van der Waals surface area contributed by atoms with Gasteiger partial charge in [0, 0.05) is 23.5 Å². The number of carbonyl (C=O) groups excluding carboxylic acids is 1. The Hall–Kier alpha value is -1.03. The zero-order valence-corrected chi connectivity index (χ0v) is 11.5. The first-order valence-corrected chi connectivity index (χ1v) is 6.65. The molecule has 0 aromatic heterocycles. The van der Waals surface area contributed by atoms with Crippen molar-refractivity contribution in [3.8, 4) is 5.75 Å². The molecular weight excluding hydrogens is 282 g/mol. The quantitative estimate of drug-likeness (QED) is 0.838. The van der Waals surface area contributed by atoms with E-state index in [1.54, 1.807) is 7.11 Å². The van der Waals surface area contributed by atoms with E-state index in [1.165, 1.54) is 0 Å². The minimum atomic E-state index is 0.205. The molecule has 1 aliphatic heterocycles. The van der Waals surface area contributed by atoms with Gasteiger partial charge in [-0.15, -0.1) is 0 Å². The molecule has 0 radical (unpaired) electrons. The van der Waals surface area contributed by atoms with Crippen LogP contribution in [0.3, 0.4) is 0 Å². The first-order chi connectivity index (χ1) is 8.22. The maximum Gasteiger partial charge on any atom is 0.227 e. The summed E-state index contributed by atoms with van der Waals surface area (Å²) in [5.74, 6) is 0.983. The fourth-order valence-electron chi connectivity index (χ4n) is 2.06. The minimum absolute atomic E-state index is 0.205. The predicted molar refractivity (Wildman–Crippen MR) is 71.5 cm³/mol. The molecule has 17 heavy (non-hydrogen) atoms. The van der Waals surface area contributed by atoms with Crippen molar-refractivity contribution in [1.82, 2.24) is 0 Å². The molecule has 0 saturated carbocycles. The second-order valence-corrected chi connectivity index (χ2v) is 5.03. The van der Waals surface area contributed by atoms with Crippen LogP contribution in [0, 0.1) is 0 Å². The number of hydrogen-bond acceptors (Lipinski definition) is 2. The van der Waals surface area contributed by atoms with Gasteiger partial charge >= 0.3 is 0 Å². The summed E-state index contributed by atoms with van der Waals surface area (Å²) in [5, 5.41) is 0. The standard InChI is InChI=1S/C13H16BrNO2/c1-17-10-6-7-11(14)12(9-10)15-8-4-2-3-5-13(15)16/h6-7,9H,2-5,8H2,1H3. The van der Waals surface area contributed by atoms with Gasteiger partial charge in [-0.3, -0.25) is 4.79 Å². The maximum atomic E-state index is 12.0. The van der Waals surface area contributed by atoms with E-state index in [-0.39, 0.29) is 5.91 Å². The molecule has 1 amide bonds. The third-order valence-electron chi connectivity index (χ3n) is 3.02. The molecule has 0 bridgehead atoms. The van der Waals surface area contributed by atoms with Gasteiger partial charge in [-0.1, -0.05) is 6.42 Å². The Balaban J connectivity index is 2.33. The van der Waals surface area contributed by atoms with Crippen molar-refractivity contribution >= 4 is 27.5 Å². The summed E-state index contributed by atoms with van der Waals surface area (Å²) in [6.45, 7) is 0.796. The van der Waals surface area contributed by atoms with Crippen LogP contribution >= 0.6 is 15.9 Å². The van der Waals surface area contributed by atoms with Crippen LogP contribution in [-0.4, -0.2) is 19.6 Å². The monoisotopic (exact) mass is 297 g/mol. The molecule has 0 atom stereocenters. The molecule has 1 aromatic rings. The van der Waals surface area contributed by atoms with E-state index >= 15 is 0 Å². The van der Waals surface area contributed by atoms with Crippen molar-refractivity contribution in [2.45, 2.75) is 25.7 Å². The largest absolute Gasteiger partial charge is 0.497 e. The molecule has 0 aliphatic carbocycles. The number of ether oxygens (including phenoxy) is 1. The lowest BCUT2D eigenvalue weighted by Gasteiger charge is -2.22. The fourth-order valence-corrected chi connectivity index (χ4v) is 2.52. The molecular formula is C13H16BrNO2. The van der Waals surface area contributed by atoms with E-state index in [0.717, 1.165) is 41.7 Å². The van der Waals surface area contributed by atoms with Gasteiger partial charge in [0.2, 0.25) is 5.91 Å². The number of methoxy groups -OCH3 is 1. The second-order valence-electron chi connectivity index (χ2n) is 4.17. The third-order valence-corrected chi connectivity index (χ3v) is 3.69. The molecule has 0 N–H and O–H groups in total. The van der Waals surface area contributed by atoms with Crippen molar-refractivity contribution < 1.29 is 9.53 Å². The van der Waals surface area contributed by atoms with Crippen LogP contribution in [0.25, 0.3) is 0 Å². The lowest BCUT2D eigenvalue weighted by molar-refractivity contribution is -0.118. The van der Waals surface area contributed by atoms with Crippen LogP contribution in [-0.2, 0) is 4.79 Å². The number of amides is 1. The van der Waals surface area contributed by atoms with Gasteiger partial charge in [0.1, 0.15) is 5.75 Å². The van der Waals surface area contributed by atoms with Crippen LogP contribution in [0.4, 0.5) is 5.69 Å². The van der Waals surface area contributed by atoms with Crippen LogP contribution in [0.5, 0.6) is 5.75 Å². The molecule has 1 aromatic carbocycles. The minimum Gasteiger partial charge on any atom is -0.497 e. The number of rotatable bonds is 2. The first kappa shape index (κ1) is 12.4. The maximum absolute atomic E-state index is 12.0. The number of hydrogen-bond donors (Lipinski definition) is 0. The lowest BCUT2D eigenvalue weighted by atomic mass is 10.2. The van der Waals surface area contributed by atoms with Gasteiger partial charge in [-0.2, -0.15) is 0 Å². The first-order valence-electron chi connectivity index (χ1n) is 5.86. The van der Waals surface area contributed by atoms with E-state index in [9.17, 15) is 4.79 Å². The van der Waals surface area contributed by atoms with Gasteiger partial charge in [-0.25, -0.2) is 0 Å². The molecule has 0 unspecified atom stereocenters. The lowest BCUT2D eigenvalue weighted by Crippen LogP contribution is -2.30. The average Bonchev–Trinajstić information content (AvgIpc) is 2.55. The molecule has 3 nitrogen and oxygen atoms in total. The number of halogens is 1. The highest BCUT2D eigenvalue weighted by molar-refractivity contribution is 9.10. The highest BCUT2D eigenvalue weighted by Crippen LogP contribution is 2.32. The Morgan fingerprint density at radius 2 is 2.12 bits per heavy atom. The molecule has 2 rings (SSSR count). The van der Waals surface area contributed by atoms with Crippen molar-refractivity contribution in [3.05, 3.63) is 22.7 Å². The van der Waals surface area contributed by atoms with Crippen LogP contribution in [0.15, 0.2) is 22.7 Å². The summed E-state index contributed by atoms with van der Waals surface area (Å²) in [5.41, 5.74) is 0.913. The summed E-state index contributed by atoms with van der Waals surface area (Å²) in [4.78, 5) is 13.9. The smallest absolute Gasteiger partial charge is 0.227 e. The van der Waals surface area contributed by atoms with E-state index in [0.29, 0.717) is 6.42 Å². The zero-order chi connectivity index (χ0) is 12.3. The molecule has 1 aliphatic rings. The fraction of sp³-hybridized carbons (Fsp3) is 0.462. The summed E-state index contributed by atoms with van der Waals surface area (Å²) in [6.07, 6.45) is 3.83. The topological polar surface area (TPSA) is 29.5 Å². The molecule has 0 spiro atoms. The summed E-state index contributed by atoms with van der Waals surface area (Å²) in [6, 6.07) is 5.72. The average molecular weight is 298 g/mol. The predicted octanol–water partition coefficient (Wildman–Crippen LogP) is 3.36. The Bertz CT molecular complexity index is 420. The Morgan fingerprint density at radius 1 is 1.29 bits per heavy atom. The third kappa shape index (κ3) is 2.80. The van der Waals surface area contributed by atoms with Crippen molar-refractivity contribution in [2.24, 2.45) is 0 Å². The van der Waals surface area contributed by atoms with Gasteiger partial charge in [-0.05, 0) is 40.9 Å². The summed E-state index contributed by atoms with van der Waals surface area (Å²) in [7, 11) is 1.64. The Morgan fingerprint density at radius 3 is 2.88 bits per heavy atom. The number of anilines is 1. The number of carbonyl (C=O) groups is 1. The van der Waals surface area contributed by atoms with Crippen molar-refractivity contribution in [2.75, 3.05) is 18.6 Å². The van der Waals surface area contributed by atoms with E-state index in [2.05, 4.69) is 15.9 Å². The van der Waals surface area contributed by atoms with Gasteiger partial charge in [0.15, 0.2) is 0 Å². The van der Waals surface area contributed by atoms with Crippen LogP contribution < -0.4 is 9.64 Å². The second kappa shape index (κ2) is 5.54. The molecule has 1 saturated heterocycles. The molecule has 1 fully saturated rings. The van der Waals surface area contributed by atoms with Gasteiger partial charge < -0.3 is 9.64 Å².